The summed E-state index contributed by atoms with van der Waals surface area (Å²) in [6, 6.07) is 5.67. The molecule has 1 aromatic carbocycles. The van der Waals surface area contributed by atoms with E-state index in [-0.39, 0.29) is 18.5 Å². The molecule has 118 valence electrons. The monoisotopic (exact) mass is 303 g/mol. The van der Waals surface area contributed by atoms with E-state index in [1.807, 2.05) is 31.2 Å². The maximum absolute atomic E-state index is 12.2. The lowest BCUT2D eigenvalue weighted by Crippen LogP contribution is -2.40. The Morgan fingerprint density at radius 1 is 1.27 bits per heavy atom. The summed E-state index contributed by atoms with van der Waals surface area (Å²) < 4.78 is 15.9. The van der Waals surface area contributed by atoms with Gasteiger partial charge in [0.05, 0.1) is 13.2 Å². The van der Waals surface area contributed by atoms with Crippen LogP contribution in [0.3, 0.4) is 0 Å². The molecule has 5 heteroatoms. The van der Waals surface area contributed by atoms with Gasteiger partial charge in [0.2, 0.25) is 6.79 Å². The zero-order valence-electron chi connectivity index (χ0n) is 12.8. The molecule has 1 unspecified atom stereocenters. The maximum Gasteiger partial charge on any atom is 0.231 e. The van der Waals surface area contributed by atoms with Crippen LogP contribution < -0.4 is 9.47 Å². The van der Waals surface area contributed by atoms with Gasteiger partial charge in [0, 0.05) is 25.6 Å². The summed E-state index contributed by atoms with van der Waals surface area (Å²) in [5.41, 5.74) is 0.941. The van der Waals surface area contributed by atoms with Gasteiger partial charge in [-0.1, -0.05) is 19.1 Å². The lowest BCUT2D eigenvalue weighted by molar-refractivity contribution is -0.118. The van der Waals surface area contributed by atoms with Crippen molar-refractivity contribution < 1.29 is 19.0 Å². The third-order valence-corrected chi connectivity index (χ3v) is 3.96. The number of ether oxygens (including phenoxy) is 3. The quantitative estimate of drug-likeness (QED) is 0.778. The fourth-order valence-electron chi connectivity index (χ4n) is 2.62. The van der Waals surface area contributed by atoms with Gasteiger partial charge in [-0.3, -0.25) is 9.69 Å². The minimum atomic E-state index is -0.0108. The van der Waals surface area contributed by atoms with Crippen molar-refractivity contribution in [2.24, 2.45) is 5.92 Å². The Kier molecular flexibility index (Phi) is 4.75. The molecule has 2 aliphatic rings. The van der Waals surface area contributed by atoms with Crippen LogP contribution in [0.15, 0.2) is 24.3 Å². The van der Waals surface area contributed by atoms with E-state index in [1.165, 1.54) is 0 Å². The van der Waals surface area contributed by atoms with Crippen molar-refractivity contribution in [1.82, 2.24) is 4.90 Å². The van der Waals surface area contributed by atoms with Gasteiger partial charge in [-0.15, -0.1) is 0 Å². The van der Waals surface area contributed by atoms with Crippen molar-refractivity contribution in [2.45, 2.75) is 6.92 Å². The predicted octanol–water partition coefficient (Wildman–Crippen LogP) is 1.97. The van der Waals surface area contributed by atoms with Crippen molar-refractivity contribution in [1.29, 1.82) is 0 Å². The second-order valence-corrected chi connectivity index (χ2v) is 5.66. The standard InChI is InChI=1S/C17H21NO4/c1-13(11-18-6-8-20-9-7-18)15(19)4-2-14-3-5-16-17(10-14)22-12-21-16/h2-5,10,13H,6-9,11-12H2,1H3. The number of benzene rings is 1. The molecule has 2 aliphatic heterocycles. The molecule has 1 fully saturated rings. The van der Waals surface area contributed by atoms with Gasteiger partial charge in [0.25, 0.3) is 0 Å². The van der Waals surface area contributed by atoms with Crippen LogP contribution in [0.4, 0.5) is 0 Å². The number of carbonyl (C=O) groups excluding carboxylic acids is 1. The maximum atomic E-state index is 12.2. The third-order valence-electron chi connectivity index (χ3n) is 3.96. The molecular weight excluding hydrogens is 282 g/mol. The second-order valence-electron chi connectivity index (χ2n) is 5.66. The summed E-state index contributed by atoms with van der Waals surface area (Å²) in [6.07, 6.45) is 3.49. The number of ketones is 1. The molecule has 1 aromatic rings. The van der Waals surface area contributed by atoms with Gasteiger partial charge in [0.15, 0.2) is 17.3 Å². The van der Waals surface area contributed by atoms with E-state index < -0.39 is 0 Å². The summed E-state index contributed by atoms with van der Waals surface area (Å²) >= 11 is 0. The first-order valence-corrected chi connectivity index (χ1v) is 7.64. The minimum Gasteiger partial charge on any atom is -0.454 e. The van der Waals surface area contributed by atoms with Crippen molar-refractivity contribution in [3.05, 3.63) is 29.8 Å². The SMILES string of the molecule is CC(CN1CCOCC1)C(=O)C=Cc1ccc2c(c1)OCO2. The van der Waals surface area contributed by atoms with Crippen LogP contribution in [0.5, 0.6) is 11.5 Å². The molecular formula is C17H21NO4. The number of fused-ring (bicyclic) bond motifs is 1. The van der Waals surface area contributed by atoms with E-state index in [9.17, 15) is 4.79 Å². The van der Waals surface area contributed by atoms with Gasteiger partial charge in [-0.2, -0.15) is 0 Å². The third kappa shape index (κ3) is 3.67. The second kappa shape index (κ2) is 6.94. The van der Waals surface area contributed by atoms with Crippen LogP contribution in [0.2, 0.25) is 0 Å². The predicted molar refractivity (Wildman–Crippen MR) is 83.0 cm³/mol. The summed E-state index contributed by atoms with van der Waals surface area (Å²) in [5, 5.41) is 0. The fraction of sp³-hybridized carbons (Fsp3) is 0.471. The molecule has 22 heavy (non-hydrogen) atoms. The van der Waals surface area contributed by atoms with E-state index in [0.29, 0.717) is 0 Å². The smallest absolute Gasteiger partial charge is 0.231 e. The zero-order chi connectivity index (χ0) is 15.4. The summed E-state index contributed by atoms with van der Waals surface area (Å²) in [6.45, 7) is 6.35. The van der Waals surface area contributed by atoms with Gasteiger partial charge in [0.1, 0.15) is 0 Å². The highest BCUT2D eigenvalue weighted by Gasteiger charge is 2.17. The van der Waals surface area contributed by atoms with E-state index >= 15 is 0 Å². The number of carbonyl (C=O) groups is 1. The normalized spacial score (nSPS) is 19.5. The lowest BCUT2D eigenvalue weighted by Gasteiger charge is -2.28. The molecule has 0 bridgehead atoms. The van der Waals surface area contributed by atoms with Crippen LogP contribution >= 0.6 is 0 Å². The minimum absolute atomic E-state index is 0.0108. The Morgan fingerprint density at radius 2 is 2.05 bits per heavy atom. The molecule has 0 N–H and O–H groups in total. The van der Waals surface area contributed by atoms with Crippen molar-refractivity contribution in [2.75, 3.05) is 39.6 Å². The molecule has 3 rings (SSSR count). The van der Waals surface area contributed by atoms with Crippen LogP contribution in [0, 0.1) is 5.92 Å². The van der Waals surface area contributed by atoms with Gasteiger partial charge >= 0.3 is 0 Å². The van der Waals surface area contributed by atoms with Crippen molar-refractivity contribution in [3.63, 3.8) is 0 Å². The van der Waals surface area contributed by atoms with Crippen LogP contribution in [-0.4, -0.2) is 50.3 Å². The number of hydrogen-bond donors (Lipinski definition) is 0. The first-order valence-electron chi connectivity index (χ1n) is 7.64. The number of nitrogens with zero attached hydrogens (tertiary/aromatic N) is 1. The Balaban J connectivity index is 1.56. The lowest BCUT2D eigenvalue weighted by atomic mass is 10.0. The average Bonchev–Trinajstić information content (AvgIpc) is 3.01. The molecule has 2 heterocycles. The number of hydrogen-bond acceptors (Lipinski definition) is 5. The van der Waals surface area contributed by atoms with E-state index in [1.54, 1.807) is 6.08 Å². The van der Waals surface area contributed by atoms with Crippen molar-refractivity contribution >= 4 is 11.9 Å². The molecule has 5 nitrogen and oxygen atoms in total. The average molecular weight is 303 g/mol. The Labute approximate surface area is 130 Å². The van der Waals surface area contributed by atoms with Gasteiger partial charge in [-0.05, 0) is 23.8 Å². The molecule has 0 saturated carbocycles. The largest absolute Gasteiger partial charge is 0.454 e. The fourth-order valence-corrected chi connectivity index (χ4v) is 2.62. The first-order chi connectivity index (χ1) is 10.7. The summed E-state index contributed by atoms with van der Waals surface area (Å²) in [7, 11) is 0. The van der Waals surface area contributed by atoms with E-state index in [0.717, 1.165) is 49.9 Å². The number of rotatable bonds is 5. The summed E-state index contributed by atoms with van der Waals surface area (Å²) in [4.78, 5) is 14.5. The highest BCUT2D eigenvalue weighted by Crippen LogP contribution is 2.32. The topological polar surface area (TPSA) is 48.0 Å². The highest BCUT2D eigenvalue weighted by molar-refractivity contribution is 5.95. The molecule has 0 spiro atoms. The Hall–Kier alpha value is -1.85. The van der Waals surface area contributed by atoms with Crippen LogP contribution in [0.1, 0.15) is 12.5 Å². The van der Waals surface area contributed by atoms with E-state index in [4.69, 9.17) is 14.2 Å². The Bertz CT molecular complexity index is 564. The van der Waals surface area contributed by atoms with E-state index in [2.05, 4.69) is 4.90 Å². The molecule has 0 radical (unpaired) electrons. The van der Waals surface area contributed by atoms with Crippen LogP contribution in [-0.2, 0) is 9.53 Å². The van der Waals surface area contributed by atoms with Gasteiger partial charge in [-0.25, -0.2) is 0 Å². The highest BCUT2D eigenvalue weighted by atomic mass is 16.7. The van der Waals surface area contributed by atoms with Gasteiger partial charge < -0.3 is 14.2 Å². The number of morpholine rings is 1. The first kappa shape index (κ1) is 15.1. The van der Waals surface area contributed by atoms with Crippen LogP contribution in [0.25, 0.3) is 6.08 Å². The molecule has 0 aromatic heterocycles. The molecule has 1 atom stereocenters. The van der Waals surface area contributed by atoms with Crippen molar-refractivity contribution in [3.8, 4) is 11.5 Å². The summed E-state index contributed by atoms with van der Waals surface area (Å²) in [5.74, 6) is 1.62. The zero-order valence-corrected chi connectivity index (χ0v) is 12.8. The molecule has 0 amide bonds. The molecule has 1 saturated heterocycles. The Morgan fingerprint density at radius 3 is 2.86 bits per heavy atom. The molecule has 0 aliphatic carbocycles. The number of allylic oxidation sites excluding steroid dienone is 1.